The molecule has 0 saturated carbocycles. The van der Waals surface area contributed by atoms with Gasteiger partial charge in [-0.3, -0.25) is 4.79 Å². The number of hydrogen-bond donors (Lipinski definition) is 2. The number of nitrogens with zero attached hydrogens (tertiary/aromatic N) is 1. The monoisotopic (exact) mass is 328 g/mol. The zero-order chi connectivity index (χ0) is 16.8. The molecule has 128 valence electrons. The number of furan rings is 1. The summed E-state index contributed by atoms with van der Waals surface area (Å²) in [6, 6.07) is 11.6. The molecule has 1 aliphatic rings. The van der Waals surface area contributed by atoms with Gasteiger partial charge in [-0.1, -0.05) is 30.3 Å². The molecule has 1 amide bonds. The lowest BCUT2D eigenvalue weighted by Gasteiger charge is -2.29. The molecule has 3 rings (SSSR count). The van der Waals surface area contributed by atoms with E-state index in [2.05, 4.69) is 10.2 Å². The molecule has 1 fully saturated rings. The average molecular weight is 328 g/mol. The number of nitrogens with one attached hydrogen (secondary N) is 1. The highest BCUT2D eigenvalue weighted by Crippen LogP contribution is 2.24. The van der Waals surface area contributed by atoms with Gasteiger partial charge in [-0.2, -0.15) is 0 Å². The fraction of sp³-hybridized carbons (Fsp3) is 0.421. The molecular weight excluding hydrogens is 304 g/mol. The molecule has 1 aromatic heterocycles. The third-order valence-electron chi connectivity index (χ3n) is 4.45. The number of hydrogen-bond acceptors (Lipinski definition) is 4. The predicted molar refractivity (Wildman–Crippen MR) is 92.8 cm³/mol. The SMILES string of the molecule is O=C(NCCCN1CCC(O)CC1)c1occc1-c1ccccc1. The number of piperidine rings is 1. The van der Waals surface area contributed by atoms with E-state index in [1.54, 1.807) is 6.26 Å². The number of rotatable bonds is 6. The normalized spacial score (nSPS) is 16.2. The number of carbonyl (C=O) groups excluding carboxylic acids is 1. The zero-order valence-corrected chi connectivity index (χ0v) is 13.8. The Morgan fingerprint density at radius 1 is 1.21 bits per heavy atom. The molecule has 2 heterocycles. The van der Waals surface area contributed by atoms with Crippen molar-refractivity contribution in [3.63, 3.8) is 0 Å². The Morgan fingerprint density at radius 3 is 2.71 bits per heavy atom. The van der Waals surface area contributed by atoms with Crippen LogP contribution in [0.5, 0.6) is 0 Å². The maximum Gasteiger partial charge on any atom is 0.287 e. The summed E-state index contributed by atoms with van der Waals surface area (Å²) in [6.45, 7) is 3.43. The first-order valence-corrected chi connectivity index (χ1v) is 8.55. The third-order valence-corrected chi connectivity index (χ3v) is 4.45. The quantitative estimate of drug-likeness (QED) is 0.800. The van der Waals surface area contributed by atoms with Gasteiger partial charge in [-0.25, -0.2) is 0 Å². The van der Waals surface area contributed by atoms with E-state index in [1.807, 2.05) is 36.4 Å². The minimum absolute atomic E-state index is 0.142. The molecular formula is C19H24N2O3. The van der Waals surface area contributed by atoms with Crippen molar-refractivity contribution in [3.8, 4) is 11.1 Å². The minimum Gasteiger partial charge on any atom is -0.459 e. The van der Waals surface area contributed by atoms with Crippen molar-refractivity contribution >= 4 is 5.91 Å². The van der Waals surface area contributed by atoms with Gasteiger partial charge in [0, 0.05) is 25.2 Å². The van der Waals surface area contributed by atoms with Gasteiger partial charge >= 0.3 is 0 Å². The van der Waals surface area contributed by atoms with Crippen LogP contribution in [0.1, 0.15) is 29.8 Å². The van der Waals surface area contributed by atoms with E-state index in [1.165, 1.54) is 0 Å². The van der Waals surface area contributed by atoms with Crippen molar-refractivity contribution in [1.29, 1.82) is 0 Å². The van der Waals surface area contributed by atoms with Gasteiger partial charge in [0.1, 0.15) is 0 Å². The molecule has 0 unspecified atom stereocenters. The van der Waals surface area contributed by atoms with Crippen LogP contribution in [0.2, 0.25) is 0 Å². The first kappa shape index (κ1) is 16.7. The molecule has 1 aromatic carbocycles. The summed E-state index contributed by atoms with van der Waals surface area (Å²) < 4.78 is 5.39. The van der Waals surface area contributed by atoms with Crippen molar-refractivity contribution in [2.45, 2.75) is 25.4 Å². The van der Waals surface area contributed by atoms with Crippen LogP contribution in [0.3, 0.4) is 0 Å². The van der Waals surface area contributed by atoms with Crippen molar-refractivity contribution in [2.75, 3.05) is 26.2 Å². The van der Waals surface area contributed by atoms with Gasteiger partial charge in [-0.15, -0.1) is 0 Å². The van der Waals surface area contributed by atoms with Crippen molar-refractivity contribution in [2.24, 2.45) is 0 Å². The van der Waals surface area contributed by atoms with Gasteiger partial charge in [0.25, 0.3) is 5.91 Å². The van der Waals surface area contributed by atoms with E-state index in [9.17, 15) is 9.90 Å². The highest BCUT2D eigenvalue weighted by molar-refractivity contribution is 5.98. The zero-order valence-electron chi connectivity index (χ0n) is 13.8. The summed E-state index contributed by atoms with van der Waals surface area (Å²) in [6.07, 6.45) is 3.99. The molecule has 0 bridgehead atoms. The Labute approximate surface area is 142 Å². The predicted octanol–water partition coefficient (Wildman–Crippen LogP) is 2.52. The Kier molecular flexibility index (Phi) is 5.67. The largest absolute Gasteiger partial charge is 0.459 e. The fourth-order valence-electron chi connectivity index (χ4n) is 3.06. The number of carbonyl (C=O) groups is 1. The highest BCUT2D eigenvalue weighted by Gasteiger charge is 2.18. The Hall–Kier alpha value is -2.11. The average Bonchev–Trinajstić information content (AvgIpc) is 3.11. The molecule has 2 aromatic rings. The van der Waals surface area contributed by atoms with E-state index in [4.69, 9.17) is 4.42 Å². The number of aliphatic hydroxyl groups excluding tert-OH is 1. The Morgan fingerprint density at radius 2 is 1.96 bits per heavy atom. The van der Waals surface area contributed by atoms with Gasteiger partial charge < -0.3 is 19.7 Å². The van der Waals surface area contributed by atoms with Crippen LogP contribution < -0.4 is 5.32 Å². The first-order chi connectivity index (χ1) is 11.7. The lowest BCUT2D eigenvalue weighted by molar-refractivity contribution is 0.0814. The molecule has 0 spiro atoms. The molecule has 0 radical (unpaired) electrons. The van der Waals surface area contributed by atoms with Crippen LogP contribution in [-0.4, -0.2) is 48.2 Å². The third kappa shape index (κ3) is 4.24. The smallest absolute Gasteiger partial charge is 0.287 e. The number of likely N-dealkylation sites (tertiary alicyclic amines) is 1. The lowest BCUT2D eigenvalue weighted by Crippen LogP contribution is -2.37. The van der Waals surface area contributed by atoms with Crippen LogP contribution in [-0.2, 0) is 0 Å². The van der Waals surface area contributed by atoms with Crippen LogP contribution >= 0.6 is 0 Å². The number of aliphatic hydroxyl groups is 1. The molecule has 0 atom stereocenters. The summed E-state index contributed by atoms with van der Waals surface area (Å²) in [7, 11) is 0. The lowest BCUT2D eigenvalue weighted by atomic mass is 10.1. The second-order valence-corrected chi connectivity index (χ2v) is 6.21. The summed E-state index contributed by atoms with van der Waals surface area (Å²) in [5, 5.41) is 12.4. The maximum atomic E-state index is 12.3. The minimum atomic E-state index is -0.173. The van der Waals surface area contributed by atoms with E-state index in [-0.39, 0.29) is 12.0 Å². The van der Waals surface area contributed by atoms with Gasteiger partial charge in [0.2, 0.25) is 0 Å². The Balaban J connectivity index is 1.47. The van der Waals surface area contributed by atoms with Crippen LogP contribution in [0.25, 0.3) is 11.1 Å². The molecule has 2 N–H and O–H groups in total. The molecule has 24 heavy (non-hydrogen) atoms. The van der Waals surface area contributed by atoms with Crippen molar-refractivity contribution < 1.29 is 14.3 Å². The summed E-state index contributed by atoms with van der Waals surface area (Å²) in [5.41, 5.74) is 1.79. The van der Waals surface area contributed by atoms with Crippen molar-refractivity contribution in [1.82, 2.24) is 10.2 Å². The Bertz CT molecular complexity index is 646. The molecule has 1 saturated heterocycles. The second kappa shape index (κ2) is 8.13. The summed E-state index contributed by atoms with van der Waals surface area (Å²) in [5.74, 6) is 0.190. The van der Waals surface area contributed by atoms with Crippen LogP contribution in [0.4, 0.5) is 0 Å². The van der Waals surface area contributed by atoms with Gasteiger partial charge in [-0.05, 0) is 37.4 Å². The van der Waals surface area contributed by atoms with Gasteiger partial charge in [0.15, 0.2) is 5.76 Å². The van der Waals surface area contributed by atoms with E-state index >= 15 is 0 Å². The summed E-state index contributed by atoms with van der Waals surface area (Å²) in [4.78, 5) is 14.7. The van der Waals surface area contributed by atoms with E-state index in [0.29, 0.717) is 12.3 Å². The first-order valence-electron chi connectivity index (χ1n) is 8.55. The number of benzene rings is 1. The van der Waals surface area contributed by atoms with Crippen LogP contribution in [0.15, 0.2) is 47.1 Å². The highest BCUT2D eigenvalue weighted by atomic mass is 16.3. The second-order valence-electron chi connectivity index (χ2n) is 6.21. The summed E-state index contributed by atoms with van der Waals surface area (Å²) >= 11 is 0. The van der Waals surface area contributed by atoms with Crippen LogP contribution in [0, 0.1) is 0 Å². The number of amides is 1. The molecule has 1 aliphatic heterocycles. The van der Waals surface area contributed by atoms with E-state index in [0.717, 1.165) is 50.0 Å². The fourth-order valence-corrected chi connectivity index (χ4v) is 3.06. The standard InChI is InChI=1S/C19H24N2O3/c22-16-7-12-21(13-8-16)11-4-10-20-19(23)18-17(9-14-24-18)15-5-2-1-3-6-15/h1-3,5-6,9,14,16,22H,4,7-8,10-13H2,(H,20,23). The molecule has 0 aliphatic carbocycles. The van der Waals surface area contributed by atoms with Gasteiger partial charge in [0.05, 0.1) is 12.4 Å². The molecule has 5 nitrogen and oxygen atoms in total. The maximum absolute atomic E-state index is 12.3. The molecule has 5 heteroatoms. The topological polar surface area (TPSA) is 65.7 Å². The van der Waals surface area contributed by atoms with Crippen molar-refractivity contribution in [3.05, 3.63) is 48.4 Å². The van der Waals surface area contributed by atoms with E-state index < -0.39 is 0 Å².